The van der Waals surface area contributed by atoms with Crippen LogP contribution in [0.1, 0.15) is 33.6 Å². The van der Waals surface area contributed by atoms with Crippen molar-refractivity contribution < 1.29 is 9.53 Å². The van der Waals surface area contributed by atoms with E-state index in [1.807, 2.05) is 41.8 Å². The van der Waals surface area contributed by atoms with Gasteiger partial charge in [-0.3, -0.25) is 9.67 Å². The van der Waals surface area contributed by atoms with Crippen LogP contribution in [0, 0.1) is 5.92 Å². The summed E-state index contributed by atoms with van der Waals surface area (Å²) in [5.41, 5.74) is 9.67. The number of likely N-dealkylation sites (tertiary alicyclic amines) is 1. The van der Waals surface area contributed by atoms with Gasteiger partial charge >= 0.3 is 6.09 Å². The molecule has 1 saturated heterocycles. The highest BCUT2D eigenvalue weighted by molar-refractivity contribution is 7.14. The van der Waals surface area contributed by atoms with Crippen LogP contribution in [-0.4, -0.2) is 49.4 Å². The zero-order chi connectivity index (χ0) is 24.6. The summed E-state index contributed by atoms with van der Waals surface area (Å²) in [6, 6.07) is 8.12. The van der Waals surface area contributed by atoms with Gasteiger partial charge in [0, 0.05) is 47.8 Å². The van der Waals surface area contributed by atoms with E-state index in [1.165, 1.54) is 0 Å². The van der Waals surface area contributed by atoms with Crippen molar-refractivity contribution in [3.63, 3.8) is 0 Å². The summed E-state index contributed by atoms with van der Waals surface area (Å²) < 4.78 is 7.53. The topological polar surface area (TPSA) is 99.2 Å². The molecule has 1 aromatic carbocycles. The van der Waals surface area contributed by atoms with Gasteiger partial charge in [0.25, 0.3) is 0 Å². The normalized spacial score (nSPS) is 15.0. The van der Waals surface area contributed by atoms with Gasteiger partial charge in [0.2, 0.25) is 0 Å². The lowest BCUT2D eigenvalue weighted by molar-refractivity contribution is 0.0177. The highest BCUT2D eigenvalue weighted by Crippen LogP contribution is 2.29. The number of aromatic nitrogens is 4. The van der Waals surface area contributed by atoms with Crippen LogP contribution in [0.25, 0.3) is 32.7 Å². The summed E-state index contributed by atoms with van der Waals surface area (Å²) in [5, 5.41) is 7.83. The Hall–Kier alpha value is -3.46. The number of hydrogen-bond acceptors (Lipinski definition) is 7. The van der Waals surface area contributed by atoms with Crippen molar-refractivity contribution in [1.82, 2.24) is 24.6 Å². The summed E-state index contributed by atoms with van der Waals surface area (Å²) in [6.07, 6.45) is 7.29. The molecule has 3 aromatic heterocycles. The number of benzene rings is 1. The molecule has 0 saturated carbocycles. The number of piperidine rings is 1. The van der Waals surface area contributed by atoms with Gasteiger partial charge in [-0.2, -0.15) is 5.10 Å². The van der Waals surface area contributed by atoms with Crippen molar-refractivity contribution in [2.45, 2.75) is 45.8 Å². The Bertz CT molecular complexity index is 1350. The molecule has 0 unspecified atom stereocenters. The van der Waals surface area contributed by atoms with Crippen molar-refractivity contribution in [3.05, 3.63) is 48.2 Å². The zero-order valence-electron chi connectivity index (χ0n) is 20.3. The summed E-state index contributed by atoms with van der Waals surface area (Å²) in [6.45, 7) is 7.96. The van der Waals surface area contributed by atoms with Crippen molar-refractivity contribution in [3.8, 4) is 21.8 Å². The fourth-order valence-corrected chi connectivity index (χ4v) is 5.07. The monoisotopic (exact) mass is 490 g/mol. The first-order valence-electron chi connectivity index (χ1n) is 11.9. The number of rotatable bonds is 4. The van der Waals surface area contributed by atoms with E-state index >= 15 is 0 Å². The Morgan fingerprint density at radius 1 is 1.17 bits per heavy atom. The number of nitrogens with two attached hydrogens (primary N) is 1. The van der Waals surface area contributed by atoms with Crippen LogP contribution in [0.3, 0.4) is 0 Å². The van der Waals surface area contributed by atoms with E-state index < -0.39 is 5.60 Å². The van der Waals surface area contributed by atoms with E-state index in [9.17, 15) is 4.79 Å². The molecule has 5 rings (SSSR count). The van der Waals surface area contributed by atoms with Gasteiger partial charge in [0.05, 0.1) is 34.2 Å². The third-order valence-corrected chi connectivity index (χ3v) is 7.04. The summed E-state index contributed by atoms with van der Waals surface area (Å²) in [7, 11) is 0. The zero-order valence-corrected chi connectivity index (χ0v) is 21.1. The largest absolute Gasteiger partial charge is 0.444 e. The molecular formula is C26H30N6O2S. The number of anilines is 1. The molecule has 35 heavy (non-hydrogen) atoms. The molecule has 9 heteroatoms. The second-order valence-electron chi connectivity index (χ2n) is 10.1. The van der Waals surface area contributed by atoms with Crippen molar-refractivity contribution in [1.29, 1.82) is 0 Å². The lowest BCUT2D eigenvalue weighted by Gasteiger charge is -2.33. The van der Waals surface area contributed by atoms with E-state index in [-0.39, 0.29) is 6.09 Å². The lowest BCUT2D eigenvalue weighted by atomic mass is 9.97. The number of ether oxygens (including phenoxy) is 1. The van der Waals surface area contributed by atoms with Crippen LogP contribution in [0.5, 0.6) is 0 Å². The number of nitrogen functional groups attached to an aromatic ring is 1. The van der Waals surface area contributed by atoms with Gasteiger partial charge in [-0.1, -0.05) is 12.1 Å². The quantitative estimate of drug-likeness (QED) is 0.408. The van der Waals surface area contributed by atoms with Crippen LogP contribution >= 0.6 is 11.3 Å². The van der Waals surface area contributed by atoms with Crippen LogP contribution in [-0.2, 0) is 11.3 Å². The third-order valence-electron chi connectivity index (χ3n) is 6.07. The van der Waals surface area contributed by atoms with E-state index in [0.717, 1.165) is 70.9 Å². The van der Waals surface area contributed by atoms with E-state index in [0.29, 0.717) is 5.92 Å². The van der Waals surface area contributed by atoms with Crippen LogP contribution in [0.4, 0.5) is 10.5 Å². The molecule has 0 radical (unpaired) electrons. The number of nitrogens with zero attached hydrogens (tertiary/aromatic N) is 5. The molecule has 0 aliphatic carbocycles. The highest BCUT2D eigenvalue weighted by atomic mass is 32.1. The number of hydrogen-bond donors (Lipinski definition) is 1. The standard InChI is InChI=1S/C26H30N6O2S/c1-26(2,3)34-25(33)31-8-6-17(7-9-31)14-32-15-19-5-4-18(10-21(19)30-32)22-12-28-13-23(29-22)24-11-20(27)16-35-24/h4-5,10-13,15-17H,6-9,14,27H2,1-3H3. The molecule has 0 spiro atoms. The minimum Gasteiger partial charge on any atom is -0.444 e. The molecule has 1 aliphatic rings. The summed E-state index contributed by atoms with van der Waals surface area (Å²) >= 11 is 1.56. The average molecular weight is 491 g/mol. The van der Waals surface area contributed by atoms with Crippen LogP contribution in [0.15, 0.2) is 48.2 Å². The first-order valence-corrected chi connectivity index (χ1v) is 12.7. The molecule has 1 amide bonds. The summed E-state index contributed by atoms with van der Waals surface area (Å²) in [5.74, 6) is 0.475. The number of fused-ring (bicyclic) bond motifs is 1. The molecule has 182 valence electrons. The van der Waals surface area contributed by atoms with Gasteiger partial charge in [-0.25, -0.2) is 9.78 Å². The molecule has 2 N–H and O–H groups in total. The second kappa shape index (κ2) is 9.30. The fraction of sp³-hybridized carbons (Fsp3) is 0.385. The highest BCUT2D eigenvalue weighted by Gasteiger charge is 2.27. The Kier molecular flexibility index (Phi) is 6.19. The third kappa shape index (κ3) is 5.45. The SMILES string of the molecule is CC(C)(C)OC(=O)N1CCC(Cn2cc3ccc(-c4cncc(-c5cc(N)cs5)n4)cc3n2)CC1. The first kappa shape index (κ1) is 23.3. The molecular weight excluding hydrogens is 460 g/mol. The maximum Gasteiger partial charge on any atom is 0.410 e. The van der Waals surface area contributed by atoms with Crippen LogP contribution < -0.4 is 5.73 Å². The number of carbonyl (C=O) groups is 1. The first-order chi connectivity index (χ1) is 16.7. The maximum absolute atomic E-state index is 12.3. The lowest BCUT2D eigenvalue weighted by Crippen LogP contribution is -2.42. The molecule has 4 heterocycles. The van der Waals surface area contributed by atoms with Gasteiger partial charge in [0.15, 0.2) is 0 Å². The van der Waals surface area contributed by atoms with Crippen molar-refractivity contribution >= 4 is 34.0 Å². The minimum atomic E-state index is -0.465. The molecule has 0 atom stereocenters. The van der Waals surface area contributed by atoms with E-state index in [2.05, 4.69) is 29.4 Å². The molecule has 1 aliphatic heterocycles. The van der Waals surface area contributed by atoms with Gasteiger partial charge in [-0.15, -0.1) is 11.3 Å². The predicted molar refractivity (Wildman–Crippen MR) is 139 cm³/mol. The van der Waals surface area contributed by atoms with Gasteiger partial charge < -0.3 is 15.4 Å². The number of amides is 1. The van der Waals surface area contributed by atoms with E-state index in [1.54, 1.807) is 23.7 Å². The smallest absolute Gasteiger partial charge is 0.410 e. The molecule has 4 aromatic rings. The Morgan fingerprint density at radius 3 is 2.66 bits per heavy atom. The Balaban J connectivity index is 1.26. The van der Waals surface area contributed by atoms with Crippen LogP contribution in [0.2, 0.25) is 0 Å². The minimum absolute atomic E-state index is 0.219. The Labute approximate surface area is 208 Å². The van der Waals surface area contributed by atoms with Gasteiger partial charge in [0.1, 0.15) is 5.60 Å². The van der Waals surface area contributed by atoms with Gasteiger partial charge in [-0.05, 0) is 51.7 Å². The number of carbonyl (C=O) groups excluding carboxylic acids is 1. The average Bonchev–Trinajstić information content (AvgIpc) is 3.43. The second-order valence-corrected chi connectivity index (χ2v) is 11.0. The molecule has 8 nitrogen and oxygen atoms in total. The molecule has 0 bridgehead atoms. The summed E-state index contributed by atoms with van der Waals surface area (Å²) in [4.78, 5) is 24.3. The van der Waals surface area contributed by atoms with Crippen molar-refractivity contribution in [2.75, 3.05) is 18.8 Å². The predicted octanol–water partition coefficient (Wildman–Crippen LogP) is 5.45. The fourth-order valence-electron chi connectivity index (χ4n) is 4.32. The maximum atomic E-state index is 12.3. The van der Waals surface area contributed by atoms with E-state index in [4.69, 9.17) is 20.6 Å². The molecule has 1 fully saturated rings. The number of thiophene rings is 1. The Morgan fingerprint density at radius 2 is 1.94 bits per heavy atom. The van der Waals surface area contributed by atoms with Crippen molar-refractivity contribution in [2.24, 2.45) is 5.92 Å².